The fourth-order valence-electron chi connectivity index (χ4n) is 1.93. The van der Waals surface area contributed by atoms with Crippen LogP contribution >= 0.6 is 0 Å². The monoisotopic (exact) mass is 273 g/mol. The van der Waals surface area contributed by atoms with Gasteiger partial charge in [-0.3, -0.25) is 14.3 Å². The number of aliphatic carboxylic acids is 1. The van der Waals surface area contributed by atoms with Crippen LogP contribution in [0.25, 0.3) is 0 Å². The number of carbonyl (C=O) groups excluding carboxylic acids is 1. The molecule has 0 unspecified atom stereocenters. The molecular weight excluding hydrogens is 258 g/mol. The molecule has 1 aromatic carbocycles. The van der Waals surface area contributed by atoms with E-state index in [0.717, 1.165) is 5.56 Å². The third-order valence-corrected chi connectivity index (χ3v) is 2.95. The Kier molecular flexibility index (Phi) is 4.14. The van der Waals surface area contributed by atoms with E-state index in [-0.39, 0.29) is 18.9 Å². The van der Waals surface area contributed by atoms with Crippen molar-refractivity contribution < 1.29 is 14.7 Å². The molecule has 2 N–H and O–H groups in total. The lowest BCUT2D eigenvalue weighted by atomic mass is 10.0. The van der Waals surface area contributed by atoms with Crippen molar-refractivity contribution in [2.45, 2.75) is 13.0 Å². The zero-order valence-electron chi connectivity index (χ0n) is 11.0. The molecule has 6 nitrogen and oxygen atoms in total. The second-order valence-corrected chi connectivity index (χ2v) is 4.36. The van der Waals surface area contributed by atoms with Gasteiger partial charge in [-0.05, 0) is 17.2 Å². The standard InChI is InChI=1S/C14H15N3O3/c1-17-12(6-7-16-17)14(20)15-9-11-5-3-2-4-10(11)8-13(18)19/h2-7H,8-9H2,1H3,(H,15,20)(H,18,19). The molecule has 1 aromatic heterocycles. The zero-order valence-corrected chi connectivity index (χ0v) is 11.0. The highest BCUT2D eigenvalue weighted by Gasteiger charge is 2.11. The first-order chi connectivity index (χ1) is 9.58. The summed E-state index contributed by atoms with van der Waals surface area (Å²) in [6.45, 7) is 0.285. The Morgan fingerprint density at radius 1 is 1.25 bits per heavy atom. The van der Waals surface area contributed by atoms with E-state index in [2.05, 4.69) is 10.4 Å². The number of aryl methyl sites for hydroxylation is 1. The van der Waals surface area contributed by atoms with Crippen molar-refractivity contribution in [2.24, 2.45) is 7.05 Å². The van der Waals surface area contributed by atoms with Crippen LogP contribution in [0.2, 0.25) is 0 Å². The molecule has 6 heteroatoms. The minimum absolute atomic E-state index is 0.0578. The van der Waals surface area contributed by atoms with Gasteiger partial charge in [0.2, 0.25) is 0 Å². The molecule has 0 bridgehead atoms. The van der Waals surface area contributed by atoms with Crippen LogP contribution in [-0.4, -0.2) is 26.8 Å². The molecule has 0 radical (unpaired) electrons. The van der Waals surface area contributed by atoms with Crippen LogP contribution in [-0.2, 0) is 24.8 Å². The van der Waals surface area contributed by atoms with E-state index in [1.54, 1.807) is 31.4 Å². The Bertz CT molecular complexity index is 634. The van der Waals surface area contributed by atoms with E-state index in [9.17, 15) is 9.59 Å². The smallest absolute Gasteiger partial charge is 0.307 e. The lowest BCUT2D eigenvalue weighted by molar-refractivity contribution is -0.136. The summed E-state index contributed by atoms with van der Waals surface area (Å²) in [5.41, 5.74) is 1.96. The van der Waals surface area contributed by atoms with E-state index in [4.69, 9.17) is 5.11 Å². The maximum Gasteiger partial charge on any atom is 0.307 e. The van der Waals surface area contributed by atoms with Crippen LogP contribution in [0.1, 0.15) is 21.6 Å². The summed E-state index contributed by atoms with van der Waals surface area (Å²) in [5.74, 6) is -1.13. The largest absolute Gasteiger partial charge is 0.481 e. The number of rotatable bonds is 5. The van der Waals surface area contributed by atoms with Crippen molar-refractivity contribution >= 4 is 11.9 Å². The quantitative estimate of drug-likeness (QED) is 0.850. The molecule has 0 aliphatic rings. The van der Waals surface area contributed by atoms with Gasteiger partial charge in [0.1, 0.15) is 5.69 Å². The van der Waals surface area contributed by atoms with Crippen molar-refractivity contribution in [3.8, 4) is 0 Å². The van der Waals surface area contributed by atoms with E-state index >= 15 is 0 Å². The maximum absolute atomic E-state index is 11.9. The number of nitrogens with zero attached hydrogens (tertiary/aromatic N) is 2. The minimum Gasteiger partial charge on any atom is -0.481 e. The molecule has 0 aliphatic carbocycles. The molecule has 0 fully saturated rings. The van der Waals surface area contributed by atoms with Gasteiger partial charge in [-0.2, -0.15) is 5.10 Å². The van der Waals surface area contributed by atoms with Gasteiger partial charge in [0.05, 0.1) is 6.42 Å². The molecule has 20 heavy (non-hydrogen) atoms. The van der Waals surface area contributed by atoms with Crippen molar-refractivity contribution in [1.82, 2.24) is 15.1 Å². The highest BCUT2D eigenvalue weighted by molar-refractivity contribution is 5.92. The van der Waals surface area contributed by atoms with Gasteiger partial charge in [0.25, 0.3) is 5.91 Å². The van der Waals surface area contributed by atoms with E-state index in [1.807, 2.05) is 12.1 Å². The fraction of sp³-hybridized carbons (Fsp3) is 0.214. The summed E-state index contributed by atoms with van der Waals surface area (Å²) in [4.78, 5) is 22.7. The summed E-state index contributed by atoms with van der Waals surface area (Å²) in [6.07, 6.45) is 1.49. The number of hydrogen-bond acceptors (Lipinski definition) is 3. The van der Waals surface area contributed by atoms with E-state index in [0.29, 0.717) is 11.3 Å². The first-order valence-corrected chi connectivity index (χ1v) is 6.12. The molecule has 104 valence electrons. The molecular formula is C14H15N3O3. The van der Waals surface area contributed by atoms with Gasteiger partial charge in [-0.15, -0.1) is 0 Å². The Hall–Kier alpha value is -2.63. The molecule has 2 aromatic rings. The van der Waals surface area contributed by atoms with Gasteiger partial charge in [0, 0.05) is 19.8 Å². The third-order valence-electron chi connectivity index (χ3n) is 2.95. The number of nitrogens with one attached hydrogen (secondary N) is 1. The maximum atomic E-state index is 11.9. The summed E-state index contributed by atoms with van der Waals surface area (Å²) >= 11 is 0. The van der Waals surface area contributed by atoms with Crippen LogP contribution in [0, 0.1) is 0 Å². The predicted molar refractivity (Wildman–Crippen MR) is 72.2 cm³/mol. The summed E-state index contributed by atoms with van der Waals surface area (Å²) in [6, 6.07) is 8.78. The molecule has 1 heterocycles. The number of carboxylic acids is 1. The second-order valence-electron chi connectivity index (χ2n) is 4.36. The van der Waals surface area contributed by atoms with Crippen LogP contribution < -0.4 is 5.32 Å². The first-order valence-electron chi connectivity index (χ1n) is 6.12. The van der Waals surface area contributed by atoms with Crippen LogP contribution in [0.4, 0.5) is 0 Å². The Morgan fingerprint density at radius 3 is 2.55 bits per heavy atom. The average Bonchev–Trinajstić information content (AvgIpc) is 2.83. The van der Waals surface area contributed by atoms with E-state index < -0.39 is 5.97 Å². The van der Waals surface area contributed by atoms with E-state index in [1.165, 1.54) is 4.68 Å². The zero-order chi connectivity index (χ0) is 14.5. The lowest BCUT2D eigenvalue weighted by Gasteiger charge is -2.09. The third kappa shape index (κ3) is 3.23. The lowest BCUT2D eigenvalue weighted by Crippen LogP contribution is -2.25. The highest BCUT2D eigenvalue weighted by atomic mass is 16.4. The number of aromatic nitrogens is 2. The number of hydrogen-bond donors (Lipinski definition) is 2. The molecule has 0 atom stereocenters. The van der Waals surface area contributed by atoms with Gasteiger partial charge < -0.3 is 10.4 Å². The molecule has 0 saturated heterocycles. The van der Waals surface area contributed by atoms with Gasteiger partial charge in [-0.25, -0.2) is 0 Å². The second kappa shape index (κ2) is 6.01. The molecule has 1 amide bonds. The Labute approximate surface area is 116 Å². The number of carboxylic acid groups (broad SMARTS) is 1. The summed E-state index contributed by atoms with van der Waals surface area (Å²) in [7, 11) is 1.69. The van der Waals surface area contributed by atoms with Gasteiger partial charge in [-0.1, -0.05) is 24.3 Å². The van der Waals surface area contributed by atoms with Gasteiger partial charge >= 0.3 is 5.97 Å². The topological polar surface area (TPSA) is 84.2 Å². The van der Waals surface area contributed by atoms with Crippen molar-refractivity contribution in [1.29, 1.82) is 0 Å². The Balaban J connectivity index is 2.06. The van der Waals surface area contributed by atoms with Crippen molar-refractivity contribution in [3.63, 3.8) is 0 Å². The average molecular weight is 273 g/mol. The van der Waals surface area contributed by atoms with Crippen LogP contribution in [0.3, 0.4) is 0 Å². The normalized spacial score (nSPS) is 10.2. The molecule has 0 saturated carbocycles. The predicted octanol–water partition coefficient (Wildman–Crippen LogP) is 0.977. The fourth-order valence-corrected chi connectivity index (χ4v) is 1.93. The Morgan fingerprint density at radius 2 is 1.95 bits per heavy atom. The number of carbonyl (C=O) groups is 2. The molecule has 0 spiro atoms. The van der Waals surface area contributed by atoms with Crippen molar-refractivity contribution in [3.05, 3.63) is 53.3 Å². The van der Waals surface area contributed by atoms with Crippen molar-refractivity contribution in [2.75, 3.05) is 0 Å². The van der Waals surface area contributed by atoms with Crippen LogP contribution in [0.5, 0.6) is 0 Å². The number of benzene rings is 1. The summed E-state index contributed by atoms with van der Waals surface area (Å²) < 4.78 is 1.48. The number of amides is 1. The highest BCUT2D eigenvalue weighted by Crippen LogP contribution is 2.10. The minimum atomic E-state index is -0.893. The molecule has 0 aliphatic heterocycles. The van der Waals surface area contributed by atoms with Crippen LogP contribution in [0.15, 0.2) is 36.5 Å². The first kappa shape index (κ1) is 13.8. The SMILES string of the molecule is Cn1nccc1C(=O)NCc1ccccc1CC(=O)O. The summed E-state index contributed by atoms with van der Waals surface area (Å²) in [5, 5.41) is 15.5. The molecule has 2 rings (SSSR count). The van der Waals surface area contributed by atoms with Gasteiger partial charge in [0.15, 0.2) is 0 Å².